The van der Waals surface area contributed by atoms with E-state index < -0.39 is 0 Å². The van der Waals surface area contributed by atoms with E-state index in [2.05, 4.69) is 46.9 Å². The topological polar surface area (TPSA) is 12.0 Å². The summed E-state index contributed by atoms with van der Waals surface area (Å²) in [4.78, 5) is 0. The van der Waals surface area contributed by atoms with Crippen LogP contribution in [0.5, 0.6) is 0 Å². The van der Waals surface area contributed by atoms with Gasteiger partial charge >= 0.3 is 0 Å². The van der Waals surface area contributed by atoms with Crippen LogP contribution in [0.25, 0.3) is 0 Å². The second kappa shape index (κ2) is 7.32. The summed E-state index contributed by atoms with van der Waals surface area (Å²) in [6.07, 6.45) is 8.12. The molecular weight excluding hydrogens is 194 g/mol. The molecule has 0 aliphatic heterocycles. The molecule has 0 aliphatic rings. The maximum Gasteiger partial charge on any atom is 0.00967 e. The minimum absolute atomic E-state index is 0.250. The summed E-state index contributed by atoms with van der Waals surface area (Å²) in [6, 6.07) is 0. The summed E-state index contributed by atoms with van der Waals surface area (Å²) in [6.45, 7) is 15.0. The molecule has 0 spiro atoms. The summed E-state index contributed by atoms with van der Waals surface area (Å²) in [5.74, 6) is 0. The normalized spacial score (nSPS) is 16.1. The highest BCUT2D eigenvalue weighted by atomic mass is 15.0. The number of hydrogen-bond acceptors (Lipinski definition) is 1. The monoisotopic (exact) mass is 227 g/mol. The standard InChI is InChI=1S/C15H33N/c1-7-9-10-12-15(6,11-8-2)13-16-14(3,4)5/h16H,7-13H2,1-6H3. The van der Waals surface area contributed by atoms with E-state index >= 15 is 0 Å². The average molecular weight is 227 g/mol. The Morgan fingerprint density at radius 3 is 1.88 bits per heavy atom. The predicted molar refractivity (Wildman–Crippen MR) is 74.9 cm³/mol. The Morgan fingerprint density at radius 1 is 0.812 bits per heavy atom. The molecule has 1 unspecified atom stereocenters. The van der Waals surface area contributed by atoms with Gasteiger partial charge in [0, 0.05) is 12.1 Å². The number of unbranched alkanes of at least 4 members (excludes halogenated alkanes) is 2. The highest BCUT2D eigenvalue weighted by molar-refractivity contribution is 4.81. The van der Waals surface area contributed by atoms with E-state index in [4.69, 9.17) is 0 Å². The van der Waals surface area contributed by atoms with Crippen LogP contribution < -0.4 is 5.32 Å². The van der Waals surface area contributed by atoms with Crippen molar-refractivity contribution in [2.45, 2.75) is 85.6 Å². The van der Waals surface area contributed by atoms with E-state index in [1.165, 1.54) is 38.5 Å². The second-order valence-corrected chi connectivity index (χ2v) is 6.62. The lowest BCUT2D eigenvalue weighted by Crippen LogP contribution is -2.43. The van der Waals surface area contributed by atoms with E-state index in [0.717, 1.165) is 6.54 Å². The van der Waals surface area contributed by atoms with E-state index in [1.54, 1.807) is 0 Å². The number of nitrogens with one attached hydrogen (secondary N) is 1. The minimum atomic E-state index is 0.250. The Kier molecular flexibility index (Phi) is 7.30. The van der Waals surface area contributed by atoms with Crippen molar-refractivity contribution in [1.29, 1.82) is 0 Å². The first-order valence-electron chi connectivity index (χ1n) is 7.08. The van der Waals surface area contributed by atoms with Gasteiger partial charge in [0.1, 0.15) is 0 Å². The average Bonchev–Trinajstić information content (AvgIpc) is 2.15. The number of rotatable bonds is 8. The van der Waals surface area contributed by atoms with Gasteiger partial charge in [0.25, 0.3) is 0 Å². The molecule has 0 aromatic carbocycles. The van der Waals surface area contributed by atoms with Gasteiger partial charge in [-0.3, -0.25) is 0 Å². The zero-order chi connectivity index (χ0) is 12.7. The summed E-state index contributed by atoms with van der Waals surface area (Å²) < 4.78 is 0. The molecule has 1 heteroatoms. The Morgan fingerprint density at radius 2 is 1.44 bits per heavy atom. The first-order chi connectivity index (χ1) is 7.33. The maximum atomic E-state index is 3.67. The summed E-state index contributed by atoms with van der Waals surface area (Å²) in [7, 11) is 0. The van der Waals surface area contributed by atoms with Crippen molar-refractivity contribution < 1.29 is 0 Å². The lowest BCUT2D eigenvalue weighted by Gasteiger charge is -2.34. The third-order valence-electron chi connectivity index (χ3n) is 3.28. The summed E-state index contributed by atoms with van der Waals surface area (Å²) in [5.41, 5.74) is 0.747. The molecule has 0 heterocycles. The molecule has 0 amide bonds. The van der Waals surface area contributed by atoms with E-state index in [1.807, 2.05) is 0 Å². The van der Waals surface area contributed by atoms with Crippen molar-refractivity contribution in [3.8, 4) is 0 Å². The van der Waals surface area contributed by atoms with Crippen LogP contribution in [0.4, 0.5) is 0 Å². The fourth-order valence-electron chi connectivity index (χ4n) is 2.19. The molecular formula is C15H33N. The Bertz CT molecular complexity index is 169. The van der Waals surface area contributed by atoms with Crippen LogP contribution in [0.2, 0.25) is 0 Å². The summed E-state index contributed by atoms with van der Waals surface area (Å²) in [5, 5.41) is 3.67. The van der Waals surface area contributed by atoms with Gasteiger partial charge in [0.2, 0.25) is 0 Å². The lowest BCUT2D eigenvalue weighted by atomic mass is 9.80. The molecule has 0 aromatic heterocycles. The van der Waals surface area contributed by atoms with E-state index in [9.17, 15) is 0 Å². The molecule has 0 rings (SSSR count). The molecule has 0 bridgehead atoms. The summed E-state index contributed by atoms with van der Waals surface area (Å²) >= 11 is 0. The maximum absolute atomic E-state index is 3.67. The van der Waals surface area contributed by atoms with Crippen LogP contribution in [0.1, 0.15) is 80.1 Å². The van der Waals surface area contributed by atoms with Gasteiger partial charge in [-0.1, -0.05) is 46.5 Å². The Hall–Kier alpha value is -0.0400. The van der Waals surface area contributed by atoms with Gasteiger partial charge in [-0.2, -0.15) is 0 Å². The zero-order valence-electron chi connectivity index (χ0n) is 12.4. The third kappa shape index (κ3) is 8.15. The first-order valence-corrected chi connectivity index (χ1v) is 7.08. The van der Waals surface area contributed by atoms with Gasteiger partial charge in [-0.15, -0.1) is 0 Å². The van der Waals surface area contributed by atoms with Crippen LogP contribution in [0.15, 0.2) is 0 Å². The van der Waals surface area contributed by atoms with Crippen molar-refractivity contribution in [2.75, 3.05) is 6.54 Å². The molecule has 0 radical (unpaired) electrons. The highest BCUT2D eigenvalue weighted by Crippen LogP contribution is 2.30. The highest BCUT2D eigenvalue weighted by Gasteiger charge is 2.24. The molecule has 0 aromatic rings. The van der Waals surface area contributed by atoms with Crippen molar-refractivity contribution >= 4 is 0 Å². The quantitative estimate of drug-likeness (QED) is 0.589. The van der Waals surface area contributed by atoms with E-state index in [0.29, 0.717) is 5.41 Å². The fraction of sp³-hybridized carbons (Fsp3) is 1.00. The van der Waals surface area contributed by atoms with Crippen molar-refractivity contribution in [3.05, 3.63) is 0 Å². The van der Waals surface area contributed by atoms with Gasteiger partial charge in [0.05, 0.1) is 0 Å². The lowest BCUT2D eigenvalue weighted by molar-refractivity contribution is 0.222. The van der Waals surface area contributed by atoms with Crippen molar-refractivity contribution in [1.82, 2.24) is 5.32 Å². The molecule has 0 saturated heterocycles. The number of hydrogen-bond donors (Lipinski definition) is 1. The van der Waals surface area contributed by atoms with Crippen molar-refractivity contribution in [2.24, 2.45) is 5.41 Å². The van der Waals surface area contributed by atoms with Crippen LogP contribution >= 0.6 is 0 Å². The van der Waals surface area contributed by atoms with Crippen molar-refractivity contribution in [3.63, 3.8) is 0 Å². The molecule has 16 heavy (non-hydrogen) atoms. The van der Waals surface area contributed by atoms with Gasteiger partial charge < -0.3 is 5.32 Å². The van der Waals surface area contributed by atoms with Gasteiger partial charge in [-0.25, -0.2) is 0 Å². The molecule has 1 nitrogen and oxygen atoms in total. The Labute approximate surface area is 103 Å². The molecule has 1 N–H and O–H groups in total. The SMILES string of the molecule is CCCCCC(C)(CCC)CNC(C)(C)C. The Balaban J connectivity index is 4.10. The van der Waals surface area contributed by atoms with Crippen LogP contribution in [-0.2, 0) is 0 Å². The smallest absolute Gasteiger partial charge is 0.00967 e. The van der Waals surface area contributed by atoms with Crippen LogP contribution in [0.3, 0.4) is 0 Å². The minimum Gasteiger partial charge on any atom is -0.312 e. The van der Waals surface area contributed by atoms with E-state index in [-0.39, 0.29) is 5.54 Å². The first kappa shape index (κ1) is 16.0. The van der Waals surface area contributed by atoms with Gasteiger partial charge in [0.15, 0.2) is 0 Å². The molecule has 1 atom stereocenters. The largest absolute Gasteiger partial charge is 0.312 e. The second-order valence-electron chi connectivity index (χ2n) is 6.62. The molecule has 0 saturated carbocycles. The van der Waals surface area contributed by atoms with Crippen LogP contribution in [-0.4, -0.2) is 12.1 Å². The van der Waals surface area contributed by atoms with Gasteiger partial charge in [-0.05, 0) is 39.0 Å². The van der Waals surface area contributed by atoms with Crippen LogP contribution in [0, 0.1) is 5.41 Å². The molecule has 0 aliphatic carbocycles. The fourth-order valence-corrected chi connectivity index (χ4v) is 2.19. The predicted octanol–water partition coefficient (Wildman–Crippen LogP) is 4.76. The zero-order valence-corrected chi connectivity index (χ0v) is 12.4. The third-order valence-corrected chi connectivity index (χ3v) is 3.28. The molecule has 0 fully saturated rings. The molecule has 98 valence electrons.